The number of hydrogen-bond donors (Lipinski definition) is 0. The first-order chi connectivity index (χ1) is 35.0. The minimum absolute atomic E-state index is 0.0773. The molecule has 0 heterocycles. The molecule has 0 aliphatic heterocycles. The molecule has 1 unspecified atom stereocenters. The highest BCUT2D eigenvalue weighted by Crippen LogP contribution is 2.16. The third-order valence-electron chi connectivity index (χ3n) is 13.2. The van der Waals surface area contributed by atoms with Crippen molar-refractivity contribution in [1.29, 1.82) is 0 Å². The van der Waals surface area contributed by atoms with Gasteiger partial charge in [-0.2, -0.15) is 0 Å². The molecule has 410 valence electrons. The van der Waals surface area contributed by atoms with Crippen LogP contribution in [-0.2, 0) is 28.6 Å². The smallest absolute Gasteiger partial charge is 0.306 e. The van der Waals surface area contributed by atoms with E-state index in [1.165, 1.54) is 154 Å². The summed E-state index contributed by atoms with van der Waals surface area (Å²) in [5.41, 5.74) is 0. The van der Waals surface area contributed by atoms with Crippen LogP contribution in [0.15, 0.2) is 72.9 Å². The van der Waals surface area contributed by atoms with Crippen LogP contribution in [0.1, 0.15) is 303 Å². The Morgan fingerprint density at radius 2 is 0.549 bits per heavy atom. The number of allylic oxidation sites excluding steroid dienone is 12. The Bertz CT molecular complexity index is 1320. The second-order valence-corrected chi connectivity index (χ2v) is 20.2. The first-order valence-corrected chi connectivity index (χ1v) is 30.4. The SMILES string of the molecule is CC/C=C\C/C=C\C/C=C\C/C=C\C/C=C\CCCCCCCCCCCC(=O)OCC(COC(=O)CCCCCCCCCCCCCCC)OC(=O)CCCCCCC/C=C\CCCCCCCC. The Hall–Kier alpha value is -3.15. The van der Waals surface area contributed by atoms with E-state index in [0.717, 1.165) is 109 Å². The molecular formula is C65H114O6. The Morgan fingerprint density at radius 3 is 0.873 bits per heavy atom. The number of unbranched alkanes of at least 4 members (excludes halogenated alkanes) is 32. The van der Waals surface area contributed by atoms with Gasteiger partial charge in [0.1, 0.15) is 13.2 Å². The predicted molar refractivity (Wildman–Crippen MR) is 307 cm³/mol. The van der Waals surface area contributed by atoms with Crippen LogP contribution in [0.4, 0.5) is 0 Å². The van der Waals surface area contributed by atoms with E-state index in [1.807, 2.05) is 0 Å². The number of hydrogen-bond acceptors (Lipinski definition) is 6. The van der Waals surface area contributed by atoms with Gasteiger partial charge >= 0.3 is 17.9 Å². The van der Waals surface area contributed by atoms with Crippen molar-refractivity contribution in [2.45, 2.75) is 309 Å². The zero-order chi connectivity index (χ0) is 51.4. The first kappa shape index (κ1) is 67.8. The van der Waals surface area contributed by atoms with Crippen LogP contribution < -0.4 is 0 Å². The summed E-state index contributed by atoms with van der Waals surface area (Å²) in [4.78, 5) is 38.2. The summed E-state index contributed by atoms with van der Waals surface area (Å²) in [6.07, 6.45) is 76.1. The van der Waals surface area contributed by atoms with Gasteiger partial charge in [-0.05, 0) is 89.9 Å². The lowest BCUT2D eigenvalue weighted by Gasteiger charge is -2.18. The molecular weight excluding hydrogens is 877 g/mol. The van der Waals surface area contributed by atoms with Gasteiger partial charge in [0.05, 0.1) is 0 Å². The van der Waals surface area contributed by atoms with Gasteiger partial charge in [-0.3, -0.25) is 14.4 Å². The molecule has 0 aliphatic carbocycles. The standard InChI is InChI=1S/C65H114O6/c1-4-7-10-13-16-19-22-25-27-28-29-30-31-32-33-34-35-36-38-40-43-46-49-52-55-58-64(67)70-61-62(60-69-63(66)57-54-51-48-45-42-39-24-21-18-15-12-9-6-3)71-65(68)59-56-53-50-47-44-41-37-26-23-20-17-14-11-8-5-2/h7,10,16,19,25-27,29-30,32-33,37,62H,4-6,8-9,11-15,17-18,20-24,28,31,34-36,38-61H2,1-3H3/b10-7-,19-16-,27-25-,30-29-,33-32-,37-26-. The fourth-order valence-electron chi connectivity index (χ4n) is 8.64. The molecule has 0 aromatic heterocycles. The van der Waals surface area contributed by atoms with Crippen LogP contribution in [-0.4, -0.2) is 37.2 Å². The topological polar surface area (TPSA) is 78.9 Å². The highest BCUT2D eigenvalue weighted by Gasteiger charge is 2.19. The maximum Gasteiger partial charge on any atom is 0.306 e. The van der Waals surface area contributed by atoms with Gasteiger partial charge in [-0.25, -0.2) is 0 Å². The molecule has 0 aromatic rings. The highest BCUT2D eigenvalue weighted by atomic mass is 16.6. The number of carbonyl (C=O) groups excluding carboxylic acids is 3. The summed E-state index contributed by atoms with van der Waals surface area (Å²) in [6.45, 7) is 6.54. The van der Waals surface area contributed by atoms with E-state index in [0.29, 0.717) is 19.3 Å². The zero-order valence-corrected chi connectivity index (χ0v) is 47.0. The zero-order valence-electron chi connectivity index (χ0n) is 47.0. The lowest BCUT2D eigenvalue weighted by molar-refractivity contribution is -0.167. The van der Waals surface area contributed by atoms with Gasteiger partial charge in [-0.1, -0.05) is 267 Å². The number of esters is 3. The van der Waals surface area contributed by atoms with Crippen molar-refractivity contribution in [1.82, 2.24) is 0 Å². The van der Waals surface area contributed by atoms with E-state index in [4.69, 9.17) is 14.2 Å². The summed E-state index contributed by atoms with van der Waals surface area (Å²) in [5, 5.41) is 0. The predicted octanol–water partition coefficient (Wildman–Crippen LogP) is 20.5. The van der Waals surface area contributed by atoms with Gasteiger partial charge in [0.25, 0.3) is 0 Å². The summed E-state index contributed by atoms with van der Waals surface area (Å²) in [5.74, 6) is -0.880. The van der Waals surface area contributed by atoms with Gasteiger partial charge in [0.2, 0.25) is 0 Å². The third-order valence-corrected chi connectivity index (χ3v) is 13.2. The van der Waals surface area contributed by atoms with Gasteiger partial charge in [0, 0.05) is 19.3 Å². The normalized spacial score (nSPS) is 12.5. The molecule has 0 aliphatic rings. The minimum Gasteiger partial charge on any atom is -0.462 e. The van der Waals surface area contributed by atoms with E-state index in [9.17, 15) is 14.4 Å². The fraction of sp³-hybridized carbons (Fsp3) is 0.769. The van der Waals surface area contributed by atoms with Crippen molar-refractivity contribution in [3.63, 3.8) is 0 Å². The van der Waals surface area contributed by atoms with Crippen molar-refractivity contribution in [3.05, 3.63) is 72.9 Å². The first-order valence-electron chi connectivity index (χ1n) is 30.4. The van der Waals surface area contributed by atoms with Crippen molar-refractivity contribution in [3.8, 4) is 0 Å². The molecule has 0 amide bonds. The number of rotatable bonds is 55. The molecule has 0 N–H and O–H groups in total. The van der Waals surface area contributed by atoms with Gasteiger partial charge in [0.15, 0.2) is 6.10 Å². The molecule has 0 saturated carbocycles. The van der Waals surface area contributed by atoms with Gasteiger partial charge in [-0.15, -0.1) is 0 Å². The molecule has 0 rings (SSSR count). The van der Waals surface area contributed by atoms with Crippen molar-refractivity contribution in [2.75, 3.05) is 13.2 Å². The summed E-state index contributed by atoms with van der Waals surface area (Å²) in [6, 6.07) is 0. The van der Waals surface area contributed by atoms with Crippen LogP contribution >= 0.6 is 0 Å². The van der Waals surface area contributed by atoms with Crippen molar-refractivity contribution in [2.24, 2.45) is 0 Å². The van der Waals surface area contributed by atoms with Crippen molar-refractivity contribution >= 4 is 17.9 Å². The molecule has 1 atom stereocenters. The quantitative estimate of drug-likeness (QED) is 0.0261. The average Bonchev–Trinajstić information content (AvgIpc) is 3.37. The maximum absolute atomic E-state index is 12.9. The average molecular weight is 992 g/mol. The minimum atomic E-state index is -0.780. The maximum atomic E-state index is 12.9. The Kier molecular flexibility index (Phi) is 56.8. The number of ether oxygens (including phenoxy) is 3. The number of carbonyl (C=O) groups is 3. The Balaban J connectivity index is 4.31. The summed E-state index contributed by atoms with van der Waals surface area (Å²) < 4.78 is 16.9. The Morgan fingerprint density at radius 1 is 0.296 bits per heavy atom. The second kappa shape index (κ2) is 59.4. The van der Waals surface area contributed by atoms with Crippen LogP contribution in [0.5, 0.6) is 0 Å². The van der Waals surface area contributed by atoms with Crippen molar-refractivity contribution < 1.29 is 28.6 Å². The molecule has 6 heteroatoms. The van der Waals surface area contributed by atoms with E-state index in [2.05, 4.69) is 93.7 Å². The lowest BCUT2D eigenvalue weighted by atomic mass is 10.0. The molecule has 0 radical (unpaired) electrons. The largest absolute Gasteiger partial charge is 0.462 e. The molecule has 0 fully saturated rings. The van der Waals surface area contributed by atoms with E-state index in [-0.39, 0.29) is 31.1 Å². The summed E-state index contributed by atoms with van der Waals surface area (Å²) >= 11 is 0. The second-order valence-electron chi connectivity index (χ2n) is 20.2. The highest BCUT2D eigenvalue weighted by molar-refractivity contribution is 5.71. The van der Waals surface area contributed by atoms with E-state index in [1.54, 1.807) is 0 Å². The Labute approximate surface area is 440 Å². The molecule has 0 saturated heterocycles. The van der Waals surface area contributed by atoms with Gasteiger partial charge < -0.3 is 14.2 Å². The molecule has 71 heavy (non-hydrogen) atoms. The molecule has 6 nitrogen and oxygen atoms in total. The van der Waals surface area contributed by atoms with Crippen LogP contribution in [0, 0.1) is 0 Å². The monoisotopic (exact) mass is 991 g/mol. The summed E-state index contributed by atoms with van der Waals surface area (Å²) in [7, 11) is 0. The van der Waals surface area contributed by atoms with E-state index < -0.39 is 6.10 Å². The van der Waals surface area contributed by atoms with Crippen LogP contribution in [0.25, 0.3) is 0 Å². The van der Waals surface area contributed by atoms with Crippen LogP contribution in [0.3, 0.4) is 0 Å². The molecule has 0 bridgehead atoms. The van der Waals surface area contributed by atoms with E-state index >= 15 is 0 Å². The fourth-order valence-corrected chi connectivity index (χ4v) is 8.64. The third kappa shape index (κ3) is 57.6. The molecule has 0 aromatic carbocycles. The lowest BCUT2D eigenvalue weighted by Crippen LogP contribution is -2.30. The molecule has 0 spiro atoms. The van der Waals surface area contributed by atoms with Crippen LogP contribution in [0.2, 0.25) is 0 Å².